The van der Waals surface area contributed by atoms with E-state index in [1.165, 1.54) is 28.6 Å². The van der Waals surface area contributed by atoms with Gasteiger partial charge in [-0.05, 0) is 56.6 Å². The van der Waals surface area contributed by atoms with Crippen LogP contribution in [0.4, 0.5) is 0 Å². The lowest BCUT2D eigenvalue weighted by Crippen LogP contribution is -2.51. The van der Waals surface area contributed by atoms with Crippen LogP contribution in [0.15, 0.2) is 15.7 Å². The van der Waals surface area contributed by atoms with E-state index in [0.29, 0.717) is 17.0 Å². The molecule has 28 heavy (non-hydrogen) atoms. The van der Waals surface area contributed by atoms with Gasteiger partial charge in [0.15, 0.2) is 0 Å². The van der Waals surface area contributed by atoms with Crippen LogP contribution in [0, 0.1) is 23.2 Å². The van der Waals surface area contributed by atoms with Gasteiger partial charge in [-0.1, -0.05) is 32.5 Å². The van der Waals surface area contributed by atoms with E-state index in [9.17, 15) is 10.1 Å². The third kappa shape index (κ3) is 4.41. The third-order valence-corrected chi connectivity index (χ3v) is 7.52. The molecule has 1 N–H and O–H groups in total. The summed E-state index contributed by atoms with van der Waals surface area (Å²) in [5.41, 5.74) is 0.488. The number of carbonyl (C=O) groups excluding carboxylic acids is 1. The lowest BCUT2D eigenvalue weighted by Gasteiger charge is -2.28. The largest absolute Gasteiger partial charge is 0.410 e. The zero-order valence-electron chi connectivity index (χ0n) is 16.9. The van der Waals surface area contributed by atoms with E-state index in [0.717, 1.165) is 17.7 Å². The zero-order valence-corrected chi connectivity index (χ0v) is 18.5. The second-order valence-corrected chi connectivity index (χ2v) is 10.4. The first kappa shape index (κ1) is 20.9. The summed E-state index contributed by atoms with van der Waals surface area (Å²) in [7, 11) is 0. The summed E-state index contributed by atoms with van der Waals surface area (Å²) in [5.74, 6) is 1.00. The maximum absolute atomic E-state index is 12.5. The number of amides is 1. The number of aromatic nitrogens is 2. The molecule has 2 heterocycles. The van der Waals surface area contributed by atoms with Crippen molar-refractivity contribution in [2.75, 3.05) is 0 Å². The average Bonchev–Trinajstić information content (AvgIpc) is 3.27. The molecule has 2 aromatic heterocycles. The Kier molecular flexibility index (Phi) is 6.15. The molecule has 3 rings (SSSR count). The first-order valence-electron chi connectivity index (χ1n) is 9.57. The number of thioether (sulfide) groups is 1. The second kappa shape index (κ2) is 8.26. The number of hydrogen-bond donors (Lipinski definition) is 1. The topological polar surface area (TPSA) is 91.8 Å². The lowest BCUT2D eigenvalue weighted by molar-refractivity contribution is -0.121. The Morgan fingerprint density at radius 3 is 2.89 bits per heavy atom. The van der Waals surface area contributed by atoms with Crippen LogP contribution in [0.3, 0.4) is 0 Å². The van der Waals surface area contributed by atoms with E-state index in [4.69, 9.17) is 4.42 Å². The van der Waals surface area contributed by atoms with Gasteiger partial charge in [0.25, 0.3) is 11.1 Å². The van der Waals surface area contributed by atoms with Crippen molar-refractivity contribution in [2.45, 2.75) is 69.9 Å². The molecule has 0 saturated carbocycles. The molecule has 0 spiro atoms. The molecule has 6 nitrogen and oxygen atoms in total. The van der Waals surface area contributed by atoms with Crippen molar-refractivity contribution in [3.05, 3.63) is 16.5 Å². The number of hydrogen-bond acceptors (Lipinski definition) is 7. The molecule has 0 saturated heterocycles. The number of nitrogens with one attached hydrogen (secondary N) is 1. The molecule has 0 radical (unpaired) electrons. The van der Waals surface area contributed by atoms with Gasteiger partial charge in [0.05, 0.1) is 16.2 Å². The van der Waals surface area contributed by atoms with Crippen molar-refractivity contribution in [2.24, 2.45) is 11.8 Å². The number of fused-ring (bicyclic) bond motifs is 1. The predicted molar refractivity (Wildman–Crippen MR) is 111 cm³/mol. The number of aryl methyl sites for hydroxylation is 1. The standard InChI is InChI=1S/C20H26N4O2S2/c1-11(2)20(5,10-21)22-17(25)13(4)27-19-24-23-18(26-19)16-9-14-8-12(3)6-7-15(14)28-16/h9,11-13H,6-8H2,1-5H3,(H,22,25)/t12-,13+,20-/m1/s1. The van der Waals surface area contributed by atoms with Gasteiger partial charge in [0.1, 0.15) is 5.54 Å². The van der Waals surface area contributed by atoms with Crippen LogP contribution in [0.25, 0.3) is 10.8 Å². The Balaban J connectivity index is 1.66. The molecule has 1 aliphatic rings. The molecule has 0 unspecified atom stereocenters. The highest BCUT2D eigenvalue weighted by Gasteiger charge is 2.32. The zero-order chi connectivity index (χ0) is 20.5. The van der Waals surface area contributed by atoms with E-state index in [1.807, 2.05) is 13.8 Å². The minimum Gasteiger partial charge on any atom is -0.410 e. The average molecular weight is 419 g/mol. The quantitative estimate of drug-likeness (QED) is 0.697. The summed E-state index contributed by atoms with van der Waals surface area (Å²) in [6.45, 7) is 9.61. The van der Waals surface area contributed by atoms with Gasteiger partial charge in [-0.25, -0.2) is 0 Å². The Bertz CT molecular complexity index is 898. The third-order valence-electron chi connectivity index (χ3n) is 5.36. The Morgan fingerprint density at radius 2 is 2.21 bits per heavy atom. The fourth-order valence-corrected chi connectivity index (χ4v) is 4.84. The molecule has 0 aromatic carbocycles. The summed E-state index contributed by atoms with van der Waals surface area (Å²) in [6.07, 6.45) is 3.44. The van der Waals surface area contributed by atoms with Gasteiger partial charge in [0.2, 0.25) is 5.91 Å². The van der Waals surface area contributed by atoms with Gasteiger partial charge in [-0.15, -0.1) is 21.5 Å². The number of nitrogens with zero attached hydrogens (tertiary/aromatic N) is 3. The van der Waals surface area contributed by atoms with Crippen molar-refractivity contribution >= 4 is 29.0 Å². The molecule has 8 heteroatoms. The van der Waals surface area contributed by atoms with Crippen molar-refractivity contribution in [1.82, 2.24) is 15.5 Å². The molecule has 1 amide bonds. The minimum atomic E-state index is -0.904. The van der Waals surface area contributed by atoms with Gasteiger partial charge in [-0.2, -0.15) is 5.26 Å². The molecular formula is C20H26N4O2S2. The Hall–Kier alpha value is -1.85. The number of thiophene rings is 1. The molecule has 150 valence electrons. The second-order valence-electron chi connectivity index (χ2n) is 8.00. The first-order valence-corrected chi connectivity index (χ1v) is 11.3. The Labute approximate surface area is 174 Å². The van der Waals surface area contributed by atoms with Crippen LogP contribution < -0.4 is 5.32 Å². The van der Waals surface area contributed by atoms with Crippen LogP contribution in [-0.4, -0.2) is 26.9 Å². The van der Waals surface area contributed by atoms with Gasteiger partial charge in [-0.3, -0.25) is 4.79 Å². The van der Waals surface area contributed by atoms with E-state index >= 15 is 0 Å². The summed E-state index contributed by atoms with van der Waals surface area (Å²) < 4.78 is 5.81. The van der Waals surface area contributed by atoms with Crippen LogP contribution in [0.1, 0.15) is 51.5 Å². The summed E-state index contributed by atoms with van der Waals surface area (Å²) >= 11 is 2.93. The normalized spacial score (nSPS) is 19.5. The summed E-state index contributed by atoms with van der Waals surface area (Å²) in [6, 6.07) is 4.35. The molecule has 0 bridgehead atoms. The van der Waals surface area contributed by atoms with E-state index < -0.39 is 10.8 Å². The summed E-state index contributed by atoms with van der Waals surface area (Å²) in [5, 5.41) is 20.4. The van der Waals surface area contributed by atoms with Gasteiger partial charge >= 0.3 is 0 Å². The van der Waals surface area contributed by atoms with Crippen LogP contribution in [-0.2, 0) is 17.6 Å². The molecule has 0 fully saturated rings. The maximum Gasteiger partial charge on any atom is 0.277 e. The monoisotopic (exact) mass is 418 g/mol. The van der Waals surface area contributed by atoms with Crippen molar-refractivity contribution in [3.8, 4) is 16.8 Å². The smallest absolute Gasteiger partial charge is 0.277 e. The van der Waals surface area contributed by atoms with Gasteiger partial charge < -0.3 is 9.73 Å². The Morgan fingerprint density at radius 1 is 1.46 bits per heavy atom. The maximum atomic E-state index is 12.5. The molecule has 3 atom stereocenters. The highest BCUT2D eigenvalue weighted by atomic mass is 32.2. The van der Waals surface area contributed by atoms with Crippen molar-refractivity contribution < 1.29 is 9.21 Å². The molecular weight excluding hydrogens is 392 g/mol. The van der Waals surface area contributed by atoms with Crippen LogP contribution in [0.2, 0.25) is 0 Å². The molecule has 2 aromatic rings. The highest BCUT2D eigenvalue weighted by Crippen LogP contribution is 2.37. The van der Waals surface area contributed by atoms with Crippen LogP contribution in [0.5, 0.6) is 0 Å². The molecule has 1 aliphatic carbocycles. The fourth-order valence-electron chi connectivity index (χ4n) is 3.03. The summed E-state index contributed by atoms with van der Waals surface area (Å²) in [4.78, 5) is 14.9. The van der Waals surface area contributed by atoms with E-state index in [1.54, 1.807) is 25.2 Å². The SMILES string of the molecule is CC(C)[C@@](C)(C#N)NC(=O)[C@H](C)Sc1nnc(-c2cc3c(s2)CC[C@@H](C)C3)o1. The van der Waals surface area contributed by atoms with Crippen molar-refractivity contribution in [1.29, 1.82) is 5.26 Å². The van der Waals surface area contributed by atoms with Crippen LogP contribution >= 0.6 is 23.1 Å². The lowest BCUT2D eigenvalue weighted by atomic mass is 9.90. The van der Waals surface area contributed by atoms with E-state index in [2.05, 4.69) is 34.6 Å². The van der Waals surface area contributed by atoms with Crippen molar-refractivity contribution in [3.63, 3.8) is 0 Å². The number of nitriles is 1. The minimum absolute atomic E-state index is 0.00115. The fraction of sp³-hybridized carbons (Fsp3) is 0.600. The van der Waals surface area contributed by atoms with E-state index in [-0.39, 0.29) is 11.8 Å². The molecule has 0 aliphatic heterocycles. The van der Waals surface area contributed by atoms with Gasteiger partial charge in [0, 0.05) is 4.88 Å². The number of carbonyl (C=O) groups is 1. The first-order chi connectivity index (χ1) is 13.2. The predicted octanol–water partition coefficient (Wildman–Crippen LogP) is 4.46. The highest BCUT2D eigenvalue weighted by molar-refractivity contribution is 8.00. The number of rotatable bonds is 6.